The van der Waals surface area contributed by atoms with Crippen LogP contribution in [0, 0.1) is 12.3 Å². The zero-order valence-electron chi connectivity index (χ0n) is 17.4. The van der Waals surface area contributed by atoms with E-state index in [1.807, 2.05) is 48.1 Å². The highest BCUT2D eigenvalue weighted by molar-refractivity contribution is 9.10. The number of thiazole rings is 1. The molecule has 160 valence electrons. The molecule has 0 aliphatic heterocycles. The largest absolute Gasteiger partial charge is 0.308 e. The first-order valence-electron chi connectivity index (χ1n) is 10.1. The van der Waals surface area contributed by atoms with Crippen molar-refractivity contribution >= 4 is 44.5 Å². The molecule has 5 rings (SSSR count). The van der Waals surface area contributed by atoms with Crippen molar-refractivity contribution in [3.8, 4) is 27.5 Å². The Morgan fingerprint density at radius 2 is 2.12 bits per heavy atom. The third kappa shape index (κ3) is 3.57. The van der Waals surface area contributed by atoms with Crippen molar-refractivity contribution < 1.29 is 4.79 Å². The van der Waals surface area contributed by atoms with Crippen molar-refractivity contribution in [1.82, 2.24) is 19.7 Å². The van der Waals surface area contributed by atoms with Crippen LogP contribution in [-0.4, -0.2) is 31.9 Å². The van der Waals surface area contributed by atoms with Gasteiger partial charge in [-0.2, -0.15) is 5.10 Å². The van der Waals surface area contributed by atoms with Crippen LogP contribution in [0.5, 0.6) is 0 Å². The lowest BCUT2D eigenvalue weighted by Gasteiger charge is -2.15. The predicted octanol–water partition coefficient (Wildman–Crippen LogP) is 5.18. The standard InChI is InChI=1S/C23H19BrN6OS/c1-12-3-5-15(11-26-12)20-16-6-7-18-22(32-23(28-18)27-13(2)31)21(16)30(29-20)19-8-4-14(10-25)9-17(19)24/h3-5,8-11,25H,6-7H2,1-2H3,(H,27,28,31). The number of halogens is 1. The van der Waals surface area contributed by atoms with Gasteiger partial charge in [0.15, 0.2) is 5.13 Å². The minimum atomic E-state index is -0.138. The maximum atomic E-state index is 11.6. The quantitative estimate of drug-likeness (QED) is 0.372. The monoisotopic (exact) mass is 506 g/mol. The summed E-state index contributed by atoms with van der Waals surface area (Å²) in [6.07, 6.45) is 4.76. The Hall–Kier alpha value is -3.17. The Morgan fingerprint density at radius 1 is 1.28 bits per heavy atom. The number of pyridine rings is 1. The molecule has 1 aliphatic rings. The number of anilines is 1. The number of rotatable bonds is 4. The molecule has 1 aliphatic carbocycles. The van der Waals surface area contributed by atoms with E-state index < -0.39 is 0 Å². The highest BCUT2D eigenvalue weighted by Gasteiger charge is 2.30. The fourth-order valence-electron chi connectivity index (χ4n) is 3.87. The van der Waals surface area contributed by atoms with Crippen LogP contribution < -0.4 is 5.32 Å². The second-order valence-corrected chi connectivity index (χ2v) is 9.46. The van der Waals surface area contributed by atoms with E-state index in [2.05, 4.69) is 31.2 Å². The fraction of sp³-hybridized carbons (Fsp3) is 0.174. The van der Waals surface area contributed by atoms with E-state index in [9.17, 15) is 4.79 Å². The van der Waals surface area contributed by atoms with E-state index in [0.29, 0.717) is 5.13 Å². The first-order chi connectivity index (χ1) is 15.4. The predicted molar refractivity (Wildman–Crippen MR) is 130 cm³/mol. The molecule has 0 bridgehead atoms. The fourth-order valence-corrected chi connectivity index (χ4v) is 5.55. The lowest BCUT2D eigenvalue weighted by atomic mass is 9.95. The van der Waals surface area contributed by atoms with Crippen LogP contribution in [0.1, 0.15) is 29.4 Å². The number of hydrogen-bond donors (Lipinski definition) is 2. The number of hydrogen-bond acceptors (Lipinski definition) is 6. The first-order valence-corrected chi connectivity index (χ1v) is 11.7. The number of amides is 1. The van der Waals surface area contributed by atoms with Crippen molar-refractivity contribution in [2.75, 3.05) is 5.32 Å². The minimum Gasteiger partial charge on any atom is -0.308 e. The van der Waals surface area contributed by atoms with Crippen LogP contribution in [-0.2, 0) is 17.6 Å². The Balaban J connectivity index is 1.75. The van der Waals surface area contributed by atoms with E-state index in [1.165, 1.54) is 24.5 Å². The summed E-state index contributed by atoms with van der Waals surface area (Å²) in [5, 5.41) is 16.0. The van der Waals surface area contributed by atoms with Crippen molar-refractivity contribution in [2.24, 2.45) is 0 Å². The molecular formula is C23H19BrN6OS. The van der Waals surface area contributed by atoms with Gasteiger partial charge in [-0.05, 0) is 65.5 Å². The Labute approximate surface area is 197 Å². The number of fused-ring (bicyclic) bond motifs is 3. The molecule has 9 heteroatoms. The molecule has 0 unspecified atom stereocenters. The van der Waals surface area contributed by atoms with E-state index in [1.54, 1.807) is 0 Å². The van der Waals surface area contributed by atoms with Crippen molar-refractivity contribution in [1.29, 1.82) is 5.41 Å². The van der Waals surface area contributed by atoms with Crippen LogP contribution in [0.4, 0.5) is 5.13 Å². The summed E-state index contributed by atoms with van der Waals surface area (Å²) >= 11 is 5.13. The zero-order valence-corrected chi connectivity index (χ0v) is 19.8. The third-order valence-electron chi connectivity index (χ3n) is 5.34. The van der Waals surface area contributed by atoms with Gasteiger partial charge in [-0.3, -0.25) is 9.78 Å². The van der Waals surface area contributed by atoms with Crippen LogP contribution in [0.3, 0.4) is 0 Å². The Bertz CT molecular complexity index is 1370. The van der Waals surface area contributed by atoms with Crippen LogP contribution >= 0.6 is 27.3 Å². The number of aryl methyl sites for hydroxylation is 2. The summed E-state index contributed by atoms with van der Waals surface area (Å²) in [4.78, 5) is 21.7. The normalized spacial score (nSPS) is 12.2. The molecule has 3 aromatic heterocycles. The van der Waals surface area contributed by atoms with E-state index >= 15 is 0 Å². The number of carbonyl (C=O) groups is 1. The SMILES string of the molecule is CC(=O)Nc1nc2c(s1)-c1c(c(-c3ccc(C)nc3)nn1-c1ccc(C=N)cc1Br)CC2. The number of benzene rings is 1. The lowest BCUT2D eigenvalue weighted by molar-refractivity contribution is -0.114. The zero-order chi connectivity index (χ0) is 22.4. The second kappa shape index (κ2) is 8.07. The smallest absolute Gasteiger partial charge is 0.223 e. The molecule has 32 heavy (non-hydrogen) atoms. The van der Waals surface area contributed by atoms with Crippen molar-refractivity contribution in [3.05, 3.63) is 63.5 Å². The summed E-state index contributed by atoms with van der Waals surface area (Å²) < 4.78 is 2.78. The Morgan fingerprint density at radius 3 is 2.81 bits per heavy atom. The van der Waals surface area contributed by atoms with Crippen molar-refractivity contribution in [2.45, 2.75) is 26.7 Å². The van der Waals surface area contributed by atoms with Gasteiger partial charge in [-0.1, -0.05) is 17.4 Å². The lowest BCUT2D eigenvalue weighted by Crippen LogP contribution is -2.07. The molecule has 7 nitrogen and oxygen atoms in total. The minimum absolute atomic E-state index is 0.138. The highest BCUT2D eigenvalue weighted by atomic mass is 79.9. The van der Waals surface area contributed by atoms with E-state index in [0.717, 1.165) is 67.3 Å². The highest BCUT2D eigenvalue weighted by Crippen LogP contribution is 2.44. The number of carbonyl (C=O) groups excluding carboxylic acids is 1. The summed E-state index contributed by atoms with van der Waals surface area (Å²) in [6.45, 7) is 3.45. The molecule has 0 saturated heterocycles. The molecule has 0 spiro atoms. The van der Waals surface area contributed by atoms with Gasteiger partial charge in [-0.15, -0.1) is 0 Å². The van der Waals surface area contributed by atoms with Gasteiger partial charge in [0.25, 0.3) is 0 Å². The van der Waals surface area contributed by atoms with Crippen LogP contribution in [0.2, 0.25) is 0 Å². The van der Waals surface area contributed by atoms with Gasteiger partial charge < -0.3 is 10.7 Å². The van der Waals surface area contributed by atoms with Gasteiger partial charge in [0.1, 0.15) is 0 Å². The van der Waals surface area contributed by atoms with Crippen LogP contribution in [0.15, 0.2) is 41.0 Å². The molecule has 1 amide bonds. The Kier molecular flexibility index (Phi) is 5.22. The van der Waals surface area contributed by atoms with Gasteiger partial charge in [0.2, 0.25) is 5.91 Å². The number of aromatic nitrogens is 4. The topological polar surface area (TPSA) is 96.6 Å². The molecule has 2 N–H and O–H groups in total. The first kappa shape index (κ1) is 20.7. The maximum absolute atomic E-state index is 11.6. The van der Waals surface area contributed by atoms with E-state index in [4.69, 9.17) is 10.5 Å². The molecular weight excluding hydrogens is 488 g/mol. The summed E-state index contributed by atoms with van der Waals surface area (Å²) in [6, 6.07) is 9.80. The molecule has 4 aromatic rings. The van der Waals surface area contributed by atoms with Gasteiger partial charge in [0.05, 0.1) is 27.6 Å². The third-order valence-corrected chi connectivity index (χ3v) is 7.00. The average Bonchev–Trinajstić information content (AvgIpc) is 3.34. The molecule has 0 atom stereocenters. The molecule has 0 fully saturated rings. The van der Waals surface area contributed by atoms with E-state index in [-0.39, 0.29) is 5.91 Å². The molecule has 3 heterocycles. The number of nitrogens with one attached hydrogen (secondary N) is 2. The summed E-state index contributed by atoms with van der Waals surface area (Å²) in [5.41, 5.74) is 7.59. The molecule has 0 saturated carbocycles. The summed E-state index contributed by atoms with van der Waals surface area (Å²) in [5.74, 6) is -0.138. The average molecular weight is 507 g/mol. The van der Waals surface area contributed by atoms with Crippen LogP contribution in [0.25, 0.3) is 27.5 Å². The summed E-state index contributed by atoms with van der Waals surface area (Å²) in [7, 11) is 0. The second-order valence-electron chi connectivity index (χ2n) is 7.61. The number of nitrogens with zero attached hydrogens (tertiary/aromatic N) is 4. The van der Waals surface area contributed by atoms with Crippen molar-refractivity contribution in [3.63, 3.8) is 0 Å². The van der Waals surface area contributed by atoms with Gasteiger partial charge >= 0.3 is 0 Å². The van der Waals surface area contributed by atoms with Gasteiger partial charge in [-0.25, -0.2) is 9.67 Å². The molecule has 1 aromatic carbocycles. The van der Waals surface area contributed by atoms with Gasteiger partial charge in [0, 0.05) is 40.6 Å². The maximum Gasteiger partial charge on any atom is 0.223 e. The molecule has 0 radical (unpaired) electrons.